The van der Waals surface area contributed by atoms with E-state index < -0.39 is 0 Å². The Morgan fingerprint density at radius 1 is 1.12 bits per heavy atom. The van der Waals surface area contributed by atoms with Crippen molar-refractivity contribution in [1.29, 1.82) is 5.26 Å². The first-order chi connectivity index (χ1) is 12.6. The maximum atomic E-state index is 14.4. The van der Waals surface area contributed by atoms with Gasteiger partial charge in [-0.25, -0.2) is 9.37 Å². The monoisotopic (exact) mass is 361 g/mol. The van der Waals surface area contributed by atoms with Gasteiger partial charge in [-0.1, -0.05) is 29.8 Å². The van der Waals surface area contributed by atoms with E-state index in [0.717, 1.165) is 22.3 Å². The van der Waals surface area contributed by atoms with Crippen LogP contribution in [0.1, 0.15) is 11.1 Å². The molecule has 3 nitrogen and oxygen atoms in total. The van der Waals surface area contributed by atoms with Crippen molar-refractivity contribution < 1.29 is 4.39 Å². The smallest absolute Gasteiger partial charge is 0.132 e. The highest BCUT2D eigenvalue weighted by Gasteiger charge is 2.13. The molecule has 1 aromatic heterocycles. The van der Waals surface area contributed by atoms with E-state index in [2.05, 4.69) is 11.1 Å². The standard InChI is InChI=1S/C21H13ClFN3/c1-13-5-7-17(23)20(21(13)22)15-3-2-4-16(10-15)26-12-25-18-9-14(11-24)6-8-19(18)26/h2-10,12H,1H3. The normalized spacial score (nSPS) is 10.8. The van der Waals surface area contributed by atoms with Crippen molar-refractivity contribution in [2.75, 3.05) is 0 Å². The number of nitriles is 1. The Labute approximate surface area is 154 Å². The molecule has 5 heteroatoms. The topological polar surface area (TPSA) is 41.6 Å². The van der Waals surface area contributed by atoms with Gasteiger partial charge in [0.15, 0.2) is 0 Å². The van der Waals surface area contributed by atoms with E-state index in [1.165, 1.54) is 6.07 Å². The summed E-state index contributed by atoms with van der Waals surface area (Å²) in [4.78, 5) is 4.37. The summed E-state index contributed by atoms with van der Waals surface area (Å²) in [7, 11) is 0. The van der Waals surface area contributed by atoms with Crippen molar-refractivity contribution in [3.8, 4) is 22.9 Å². The molecule has 0 spiro atoms. The van der Waals surface area contributed by atoms with Gasteiger partial charge in [0.25, 0.3) is 0 Å². The van der Waals surface area contributed by atoms with Crippen LogP contribution in [0.4, 0.5) is 4.39 Å². The van der Waals surface area contributed by atoms with Crippen LogP contribution < -0.4 is 0 Å². The lowest BCUT2D eigenvalue weighted by atomic mass is 10.0. The molecule has 0 aliphatic rings. The largest absolute Gasteiger partial charge is 0.299 e. The molecule has 4 aromatic rings. The van der Waals surface area contributed by atoms with Gasteiger partial charge in [0.1, 0.15) is 12.1 Å². The maximum Gasteiger partial charge on any atom is 0.132 e. The number of imidazole rings is 1. The van der Waals surface area contributed by atoms with Crippen LogP contribution in [-0.2, 0) is 0 Å². The zero-order valence-electron chi connectivity index (χ0n) is 13.9. The molecule has 0 saturated carbocycles. The number of fused-ring (bicyclic) bond motifs is 1. The number of aryl methyl sites for hydroxylation is 1. The average molecular weight is 362 g/mol. The molecule has 0 N–H and O–H groups in total. The number of benzene rings is 3. The second-order valence-electron chi connectivity index (χ2n) is 6.03. The molecule has 0 bridgehead atoms. The van der Waals surface area contributed by atoms with Gasteiger partial charge in [-0.3, -0.25) is 4.57 Å². The SMILES string of the molecule is Cc1ccc(F)c(-c2cccc(-n3cnc4cc(C#N)ccc43)c2)c1Cl. The first-order valence-electron chi connectivity index (χ1n) is 8.01. The Morgan fingerprint density at radius 2 is 1.96 bits per heavy atom. The van der Waals surface area contributed by atoms with Gasteiger partial charge in [0, 0.05) is 11.3 Å². The fourth-order valence-corrected chi connectivity index (χ4v) is 3.28. The Balaban J connectivity index is 1.88. The maximum absolute atomic E-state index is 14.4. The minimum atomic E-state index is -0.355. The van der Waals surface area contributed by atoms with Gasteiger partial charge in [-0.05, 0) is 54.4 Å². The van der Waals surface area contributed by atoms with Crippen molar-refractivity contribution in [1.82, 2.24) is 9.55 Å². The van der Waals surface area contributed by atoms with Crippen molar-refractivity contribution in [2.24, 2.45) is 0 Å². The van der Waals surface area contributed by atoms with Crippen molar-refractivity contribution in [2.45, 2.75) is 6.92 Å². The van der Waals surface area contributed by atoms with Gasteiger partial charge in [0.05, 0.1) is 27.7 Å². The minimum Gasteiger partial charge on any atom is -0.299 e. The number of nitrogens with zero attached hydrogens (tertiary/aromatic N) is 3. The summed E-state index contributed by atoms with van der Waals surface area (Å²) in [5, 5.41) is 9.44. The van der Waals surface area contributed by atoms with Gasteiger partial charge in [0.2, 0.25) is 0 Å². The zero-order valence-corrected chi connectivity index (χ0v) is 14.6. The van der Waals surface area contributed by atoms with E-state index in [1.807, 2.05) is 41.8 Å². The molecule has 0 amide bonds. The molecule has 126 valence electrons. The lowest BCUT2D eigenvalue weighted by Gasteiger charge is -2.11. The summed E-state index contributed by atoms with van der Waals surface area (Å²) in [5.74, 6) is -0.355. The molecule has 0 fully saturated rings. The van der Waals surface area contributed by atoms with Crippen LogP contribution >= 0.6 is 11.6 Å². The van der Waals surface area contributed by atoms with E-state index in [1.54, 1.807) is 24.5 Å². The third-order valence-electron chi connectivity index (χ3n) is 4.37. The predicted octanol–water partition coefficient (Wildman–Crippen LogP) is 5.67. The molecular formula is C21H13ClFN3. The molecular weight excluding hydrogens is 349 g/mol. The molecule has 3 aromatic carbocycles. The number of rotatable bonds is 2. The molecule has 0 aliphatic carbocycles. The average Bonchev–Trinajstić information content (AvgIpc) is 3.08. The van der Waals surface area contributed by atoms with Crippen LogP contribution in [0, 0.1) is 24.1 Å². The molecule has 4 rings (SSSR count). The second kappa shape index (κ2) is 6.29. The van der Waals surface area contributed by atoms with Crippen LogP contribution in [0.25, 0.3) is 27.8 Å². The highest BCUT2D eigenvalue weighted by Crippen LogP contribution is 2.34. The summed E-state index contributed by atoms with van der Waals surface area (Å²) in [6.07, 6.45) is 1.69. The van der Waals surface area contributed by atoms with Crippen LogP contribution in [0.15, 0.2) is 60.9 Å². The molecule has 0 aliphatic heterocycles. The lowest BCUT2D eigenvalue weighted by molar-refractivity contribution is 0.631. The molecule has 0 unspecified atom stereocenters. The summed E-state index contributed by atoms with van der Waals surface area (Å²) >= 11 is 6.35. The Bertz CT molecular complexity index is 1190. The van der Waals surface area contributed by atoms with E-state index in [4.69, 9.17) is 16.9 Å². The Kier molecular flexibility index (Phi) is 3.95. The number of hydrogen-bond donors (Lipinski definition) is 0. The summed E-state index contributed by atoms with van der Waals surface area (Å²) in [6, 6.07) is 18.0. The summed E-state index contributed by atoms with van der Waals surface area (Å²) in [5.41, 5.74) is 4.92. The number of hydrogen-bond acceptors (Lipinski definition) is 2. The summed E-state index contributed by atoms with van der Waals surface area (Å²) in [6.45, 7) is 1.85. The highest BCUT2D eigenvalue weighted by molar-refractivity contribution is 6.34. The van der Waals surface area contributed by atoms with Crippen LogP contribution in [0.2, 0.25) is 5.02 Å². The molecule has 0 atom stereocenters. The fourth-order valence-electron chi connectivity index (χ4n) is 3.02. The third kappa shape index (κ3) is 2.63. The number of aromatic nitrogens is 2. The van der Waals surface area contributed by atoms with Crippen molar-refractivity contribution >= 4 is 22.6 Å². The van der Waals surface area contributed by atoms with Gasteiger partial charge in [-0.15, -0.1) is 0 Å². The Hall–Kier alpha value is -3.16. The quantitative estimate of drug-likeness (QED) is 0.462. The van der Waals surface area contributed by atoms with E-state index in [9.17, 15) is 4.39 Å². The number of halogens is 2. The molecule has 0 radical (unpaired) electrons. The van der Waals surface area contributed by atoms with E-state index >= 15 is 0 Å². The highest BCUT2D eigenvalue weighted by atomic mass is 35.5. The van der Waals surface area contributed by atoms with E-state index in [-0.39, 0.29) is 5.82 Å². The van der Waals surface area contributed by atoms with Crippen molar-refractivity contribution in [3.05, 3.63) is 82.9 Å². The fraction of sp³-hybridized carbons (Fsp3) is 0.0476. The minimum absolute atomic E-state index is 0.355. The predicted molar refractivity (Wildman–Crippen MR) is 101 cm³/mol. The van der Waals surface area contributed by atoms with Gasteiger partial charge in [-0.2, -0.15) is 5.26 Å². The second-order valence-corrected chi connectivity index (χ2v) is 6.41. The zero-order chi connectivity index (χ0) is 18.3. The first-order valence-corrected chi connectivity index (χ1v) is 8.39. The van der Waals surface area contributed by atoms with Crippen molar-refractivity contribution in [3.63, 3.8) is 0 Å². The lowest BCUT2D eigenvalue weighted by Crippen LogP contribution is -1.94. The first kappa shape index (κ1) is 16.3. The van der Waals surface area contributed by atoms with Crippen LogP contribution in [0.3, 0.4) is 0 Å². The van der Waals surface area contributed by atoms with Gasteiger partial charge >= 0.3 is 0 Å². The van der Waals surface area contributed by atoms with Crippen LogP contribution in [-0.4, -0.2) is 9.55 Å². The third-order valence-corrected chi connectivity index (χ3v) is 4.86. The Morgan fingerprint density at radius 3 is 2.77 bits per heavy atom. The molecule has 26 heavy (non-hydrogen) atoms. The molecule has 1 heterocycles. The summed E-state index contributed by atoms with van der Waals surface area (Å²) < 4.78 is 16.3. The van der Waals surface area contributed by atoms with E-state index in [0.29, 0.717) is 21.7 Å². The van der Waals surface area contributed by atoms with Gasteiger partial charge < -0.3 is 0 Å². The van der Waals surface area contributed by atoms with Crippen LogP contribution in [0.5, 0.6) is 0 Å². The molecule has 0 saturated heterocycles.